The van der Waals surface area contributed by atoms with Crippen molar-refractivity contribution in [2.75, 3.05) is 24.7 Å². The number of imide groups is 1. The summed E-state index contributed by atoms with van der Waals surface area (Å²) in [6, 6.07) is 20.3. The summed E-state index contributed by atoms with van der Waals surface area (Å²) < 4.78 is 12.0. The molecule has 12 heteroatoms. The molecule has 0 radical (unpaired) electrons. The van der Waals surface area contributed by atoms with Gasteiger partial charge in [0.1, 0.15) is 18.0 Å². The van der Waals surface area contributed by atoms with Crippen LogP contribution in [-0.2, 0) is 14.4 Å². The van der Waals surface area contributed by atoms with E-state index in [9.17, 15) is 14.4 Å². The Morgan fingerprint density at radius 3 is 2.33 bits per heavy atom. The number of halogens is 1. The van der Waals surface area contributed by atoms with Gasteiger partial charge in [-0.2, -0.15) is 10.2 Å². The van der Waals surface area contributed by atoms with Gasteiger partial charge >= 0.3 is 0 Å². The summed E-state index contributed by atoms with van der Waals surface area (Å²) in [5.41, 5.74) is 4.38. The van der Waals surface area contributed by atoms with Gasteiger partial charge in [0.2, 0.25) is 0 Å². The SMILES string of the molecule is CCOc1ccc(/C=C2\CCC[C@@H]3C2=NN(C(=O)CN2N=N[C@@H]4C(=O)N(c5cccc(Br)c5)C(=O)[C@H]42)[C@H]3c2ccc(OCC)cc2)cc1. The number of ether oxygens (including phenoxy) is 2. The van der Waals surface area contributed by atoms with E-state index >= 15 is 0 Å². The number of carbonyl (C=O) groups is 3. The van der Waals surface area contributed by atoms with Crippen molar-refractivity contribution in [1.82, 2.24) is 10.0 Å². The molecule has 0 N–H and O–H groups in total. The average Bonchev–Trinajstić information content (AvgIpc) is 3.75. The fraction of sp³-hybridized carbons (Fsp3) is 0.333. The average molecular weight is 712 g/mol. The Morgan fingerprint density at radius 2 is 1.65 bits per heavy atom. The van der Waals surface area contributed by atoms with E-state index in [4.69, 9.17) is 14.6 Å². The first kappa shape index (κ1) is 31.7. The molecule has 1 aliphatic carbocycles. The smallest absolute Gasteiger partial charge is 0.264 e. The van der Waals surface area contributed by atoms with E-state index in [0.717, 1.165) is 62.5 Å². The number of rotatable bonds is 9. The molecule has 3 aromatic rings. The third-order valence-electron chi connectivity index (χ3n) is 9.04. The predicted molar refractivity (Wildman–Crippen MR) is 183 cm³/mol. The predicted octanol–water partition coefficient (Wildman–Crippen LogP) is 6.36. The lowest BCUT2D eigenvalue weighted by Gasteiger charge is -2.30. The van der Waals surface area contributed by atoms with Crippen molar-refractivity contribution >= 4 is 51.1 Å². The molecule has 0 bridgehead atoms. The molecular formula is C36H35BrN6O5. The second kappa shape index (κ2) is 13.3. The van der Waals surface area contributed by atoms with Gasteiger partial charge in [-0.05, 0) is 98.4 Å². The van der Waals surface area contributed by atoms with Gasteiger partial charge in [0, 0.05) is 10.4 Å². The molecule has 3 aliphatic heterocycles. The van der Waals surface area contributed by atoms with Crippen molar-refractivity contribution in [2.45, 2.75) is 51.2 Å². The van der Waals surface area contributed by atoms with Crippen LogP contribution in [0.25, 0.3) is 6.08 Å². The van der Waals surface area contributed by atoms with Gasteiger partial charge < -0.3 is 9.47 Å². The highest BCUT2D eigenvalue weighted by atomic mass is 79.9. The van der Waals surface area contributed by atoms with E-state index in [0.29, 0.717) is 18.9 Å². The minimum absolute atomic E-state index is 0.0238. The molecule has 1 saturated heterocycles. The second-order valence-electron chi connectivity index (χ2n) is 12.0. The van der Waals surface area contributed by atoms with Crippen LogP contribution in [0.15, 0.2) is 98.3 Å². The topological polar surface area (TPSA) is 116 Å². The van der Waals surface area contributed by atoms with Crippen LogP contribution in [0, 0.1) is 5.92 Å². The Kier molecular flexibility index (Phi) is 8.83. The molecule has 3 heterocycles. The largest absolute Gasteiger partial charge is 0.494 e. The number of hydrogen-bond acceptors (Lipinski definition) is 9. The van der Waals surface area contributed by atoms with Crippen molar-refractivity contribution < 1.29 is 23.9 Å². The Balaban J connectivity index is 1.18. The highest BCUT2D eigenvalue weighted by Gasteiger charge is 2.55. The van der Waals surface area contributed by atoms with Crippen molar-refractivity contribution in [1.29, 1.82) is 0 Å². The number of fused-ring (bicyclic) bond motifs is 2. The quantitative estimate of drug-likeness (QED) is 0.239. The maximum atomic E-state index is 14.2. The molecule has 0 spiro atoms. The zero-order valence-corrected chi connectivity index (χ0v) is 28.2. The molecule has 11 nitrogen and oxygen atoms in total. The number of anilines is 1. The van der Waals surface area contributed by atoms with Crippen LogP contribution in [0.4, 0.5) is 5.69 Å². The Bertz CT molecular complexity index is 1820. The molecule has 2 fully saturated rings. The molecule has 4 atom stereocenters. The van der Waals surface area contributed by atoms with Gasteiger partial charge in [0.05, 0.1) is 30.7 Å². The summed E-state index contributed by atoms with van der Waals surface area (Å²) >= 11 is 3.41. The molecule has 246 valence electrons. The van der Waals surface area contributed by atoms with Crippen LogP contribution in [0.5, 0.6) is 11.5 Å². The zero-order chi connectivity index (χ0) is 33.4. The Morgan fingerprint density at radius 1 is 0.938 bits per heavy atom. The van der Waals surface area contributed by atoms with Crippen molar-refractivity contribution in [3.63, 3.8) is 0 Å². The van der Waals surface area contributed by atoms with Crippen LogP contribution in [0.2, 0.25) is 0 Å². The fourth-order valence-electron chi connectivity index (χ4n) is 6.93. The lowest BCUT2D eigenvalue weighted by atomic mass is 9.77. The standard InChI is InChI=1S/C36H35BrN6O5/c1-3-47-27-15-11-22(12-16-27)19-24-7-5-10-29-31(24)39-43(33(29)23-13-17-28(18-14-23)48-4-2)30(44)21-41-34-32(38-40-41)35(45)42(36(34)46)26-9-6-8-25(37)20-26/h6,8-9,11-20,29,32-34H,3-5,7,10,21H2,1-2H3/b24-19+/t29-,32+,33+,34+/m1/s1. The number of benzene rings is 3. The lowest BCUT2D eigenvalue weighted by molar-refractivity contribution is -0.136. The summed E-state index contributed by atoms with van der Waals surface area (Å²) in [7, 11) is 0. The number of nitrogens with zero attached hydrogens (tertiary/aromatic N) is 6. The van der Waals surface area contributed by atoms with E-state index < -0.39 is 23.9 Å². The maximum absolute atomic E-state index is 14.2. The first-order chi connectivity index (χ1) is 23.4. The van der Waals surface area contributed by atoms with Crippen LogP contribution < -0.4 is 14.4 Å². The highest BCUT2D eigenvalue weighted by molar-refractivity contribution is 9.10. The first-order valence-corrected chi connectivity index (χ1v) is 17.0. The highest BCUT2D eigenvalue weighted by Crippen LogP contribution is 2.45. The van der Waals surface area contributed by atoms with Crippen molar-refractivity contribution in [2.24, 2.45) is 21.4 Å². The van der Waals surface area contributed by atoms with E-state index in [1.807, 2.05) is 68.4 Å². The van der Waals surface area contributed by atoms with Gasteiger partial charge in [-0.1, -0.05) is 51.5 Å². The van der Waals surface area contributed by atoms with E-state index in [2.05, 4.69) is 32.3 Å². The molecular weight excluding hydrogens is 676 g/mol. The molecule has 1 saturated carbocycles. The molecule has 48 heavy (non-hydrogen) atoms. The minimum Gasteiger partial charge on any atom is -0.494 e. The number of hydrogen-bond donors (Lipinski definition) is 0. The molecule has 0 unspecified atom stereocenters. The van der Waals surface area contributed by atoms with Crippen LogP contribution in [0.1, 0.15) is 50.3 Å². The molecule has 7 rings (SSSR count). The first-order valence-electron chi connectivity index (χ1n) is 16.2. The monoisotopic (exact) mass is 710 g/mol. The molecule has 3 amide bonds. The van der Waals surface area contributed by atoms with Gasteiger partial charge in [0.15, 0.2) is 12.1 Å². The van der Waals surface area contributed by atoms with E-state index in [1.54, 1.807) is 23.2 Å². The van der Waals surface area contributed by atoms with Crippen molar-refractivity contribution in [3.8, 4) is 11.5 Å². The van der Waals surface area contributed by atoms with E-state index in [-0.39, 0.29) is 24.4 Å². The number of amides is 3. The van der Waals surface area contributed by atoms with Crippen molar-refractivity contribution in [3.05, 3.63) is 94.0 Å². The third kappa shape index (κ3) is 5.89. The summed E-state index contributed by atoms with van der Waals surface area (Å²) in [4.78, 5) is 42.3. The summed E-state index contributed by atoms with van der Waals surface area (Å²) in [5.74, 6) is 0.272. The minimum atomic E-state index is -1.01. The molecule has 0 aromatic heterocycles. The van der Waals surface area contributed by atoms with Gasteiger partial charge in [-0.15, -0.1) is 0 Å². The molecule has 3 aromatic carbocycles. The van der Waals surface area contributed by atoms with Crippen LogP contribution in [0.3, 0.4) is 0 Å². The maximum Gasteiger partial charge on any atom is 0.264 e. The zero-order valence-electron chi connectivity index (χ0n) is 26.7. The number of allylic oxidation sites excluding steroid dienone is 1. The Labute approximate surface area is 287 Å². The number of carbonyl (C=O) groups excluding carboxylic acids is 3. The number of hydrazone groups is 1. The van der Waals surface area contributed by atoms with Crippen LogP contribution in [-0.4, -0.2) is 65.3 Å². The normalized spacial score (nSPS) is 23.9. The second-order valence-corrected chi connectivity index (χ2v) is 12.9. The van der Waals surface area contributed by atoms with Gasteiger partial charge in [-0.25, -0.2) is 9.91 Å². The third-order valence-corrected chi connectivity index (χ3v) is 9.54. The molecule has 4 aliphatic rings. The summed E-state index contributed by atoms with van der Waals surface area (Å²) in [6.07, 6.45) is 4.80. The van der Waals surface area contributed by atoms with E-state index in [1.165, 1.54) is 5.01 Å². The lowest BCUT2D eigenvalue weighted by Crippen LogP contribution is -2.45. The van der Waals surface area contributed by atoms with Gasteiger partial charge in [0.25, 0.3) is 17.7 Å². The Hall–Kier alpha value is -4.84. The van der Waals surface area contributed by atoms with Crippen LogP contribution >= 0.6 is 15.9 Å². The van der Waals surface area contributed by atoms with Gasteiger partial charge in [-0.3, -0.25) is 19.4 Å². The summed E-state index contributed by atoms with van der Waals surface area (Å²) in [6.45, 7) is 4.79. The summed E-state index contributed by atoms with van der Waals surface area (Å²) in [5, 5.41) is 16.1. The fourth-order valence-corrected chi connectivity index (χ4v) is 7.32.